The van der Waals surface area contributed by atoms with E-state index in [1.165, 1.54) is 32.4 Å². The fourth-order valence-electron chi connectivity index (χ4n) is 2.80. The topological polar surface area (TPSA) is 119 Å². The smallest absolute Gasteiger partial charge is 0.337 e. The van der Waals surface area contributed by atoms with E-state index in [2.05, 4.69) is 14.8 Å². The number of anilines is 1. The molecule has 0 radical (unpaired) electrons. The van der Waals surface area contributed by atoms with E-state index in [4.69, 9.17) is 0 Å². The molecule has 1 saturated heterocycles. The zero-order valence-corrected chi connectivity index (χ0v) is 15.5. The van der Waals surface area contributed by atoms with E-state index in [0.29, 0.717) is 12.8 Å². The molecule has 2 rings (SSSR count). The van der Waals surface area contributed by atoms with Crippen molar-refractivity contribution in [3.05, 3.63) is 29.3 Å². The van der Waals surface area contributed by atoms with Crippen LogP contribution in [0, 0.1) is 0 Å². The second-order valence-corrected chi connectivity index (χ2v) is 7.74. The Morgan fingerprint density at radius 1 is 1.08 bits per heavy atom. The molecule has 0 spiro atoms. The van der Waals surface area contributed by atoms with Gasteiger partial charge in [0.15, 0.2) is 0 Å². The van der Waals surface area contributed by atoms with Crippen LogP contribution in [0.5, 0.6) is 0 Å². The molecule has 0 unspecified atom stereocenters. The maximum absolute atomic E-state index is 12.5. The Morgan fingerprint density at radius 2 is 1.62 bits per heavy atom. The molecule has 1 aromatic carbocycles. The number of methoxy groups -OCH3 is 2. The Bertz CT molecular complexity index is 801. The molecular weight excluding hydrogens is 364 g/mol. The third kappa shape index (κ3) is 4.38. The summed E-state index contributed by atoms with van der Waals surface area (Å²) in [6, 6.07) is 3.13. The van der Waals surface area contributed by atoms with Gasteiger partial charge in [-0.3, -0.25) is 4.79 Å². The zero-order valence-electron chi connectivity index (χ0n) is 14.6. The Labute approximate surface area is 151 Å². The first-order chi connectivity index (χ1) is 12.2. The second kappa shape index (κ2) is 7.83. The zero-order chi connectivity index (χ0) is 19.5. The molecule has 0 aromatic heterocycles. The van der Waals surface area contributed by atoms with Crippen LogP contribution in [0.25, 0.3) is 0 Å². The van der Waals surface area contributed by atoms with Crippen LogP contribution in [-0.4, -0.2) is 63.6 Å². The standard InChI is InChI=1S/C16H20N2O7S/c1-24-15(20)10-7-11(16(21)25-2)9-12(8-10)17-14(19)13-5-4-6-18(13)26(3,22)23/h7-9,13H,4-6H2,1-3H3,(H,17,19)/t13-/m0/s1. The van der Waals surface area contributed by atoms with Gasteiger partial charge in [0.2, 0.25) is 15.9 Å². The van der Waals surface area contributed by atoms with Crippen molar-refractivity contribution in [3.63, 3.8) is 0 Å². The molecule has 10 heteroatoms. The number of rotatable bonds is 5. The Hall–Kier alpha value is -2.46. The van der Waals surface area contributed by atoms with Crippen LogP contribution >= 0.6 is 0 Å². The highest BCUT2D eigenvalue weighted by atomic mass is 32.2. The first-order valence-electron chi connectivity index (χ1n) is 7.76. The van der Waals surface area contributed by atoms with Crippen LogP contribution in [0.3, 0.4) is 0 Å². The lowest BCUT2D eigenvalue weighted by atomic mass is 10.1. The highest BCUT2D eigenvalue weighted by molar-refractivity contribution is 7.88. The first-order valence-corrected chi connectivity index (χ1v) is 9.61. The monoisotopic (exact) mass is 384 g/mol. The minimum atomic E-state index is -3.52. The van der Waals surface area contributed by atoms with Gasteiger partial charge >= 0.3 is 11.9 Å². The average Bonchev–Trinajstić information content (AvgIpc) is 3.10. The number of hydrogen-bond acceptors (Lipinski definition) is 7. The average molecular weight is 384 g/mol. The summed E-state index contributed by atoms with van der Waals surface area (Å²) < 4.78 is 34.0. The fourth-order valence-corrected chi connectivity index (χ4v) is 3.92. The van der Waals surface area contributed by atoms with Gasteiger partial charge in [-0.2, -0.15) is 4.31 Å². The molecule has 142 valence electrons. The molecule has 1 N–H and O–H groups in total. The number of hydrogen-bond donors (Lipinski definition) is 1. The van der Waals surface area contributed by atoms with Crippen LogP contribution in [0.1, 0.15) is 33.6 Å². The fraction of sp³-hybridized carbons (Fsp3) is 0.438. The number of nitrogens with zero attached hydrogens (tertiary/aromatic N) is 1. The van der Waals surface area contributed by atoms with E-state index in [9.17, 15) is 22.8 Å². The van der Waals surface area contributed by atoms with Crippen LogP contribution < -0.4 is 5.32 Å². The molecule has 1 aromatic rings. The molecule has 1 heterocycles. The number of ether oxygens (including phenoxy) is 2. The van der Waals surface area contributed by atoms with Gasteiger partial charge in [0.05, 0.1) is 31.6 Å². The SMILES string of the molecule is COC(=O)c1cc(NC(=O)[C@@H]2CCCN2S(C)(=O)=O)cc(C(=O)OC)c1. The molecule has 1 fully saturated rings. The van der Waals surface area contributed by atoms with E-state index in [0.717, 1.165) is 10.6 Å². The summed E-state index contributed by atoms with van der Waals surface area (Å²) >= 11 is 0. The third-order valence-corrected chi connectivity index (χ3v) is 5.26. The first kappa shape index (κ1) is 19.9. The number of carbonyl (C=O) groups is 3. The van der Waals surface area contributed by atoms with E-state index in [1.54, 1.807) is 0 Å². The van der Waals surface area contributed by atoms with Crippen LogP contribution in [0.4, 0.5) is 5.69 Å². The van der Waals surface area contributed by atoms with Crippen molar-refractivity contribution >= 4 is 33.6 Å². The van der Waals surface area contributed by atoms with Gasteiger partial charge in [-0.05, 0) is 31.0 Å². The number of amides is 1. The third-order valence-electron chi connectivity index (χ3n) is 3.98. The summed E-state index contributed by atoms with van der Waals surface area (Å²) in [5.41, 5.74) is 0.271. The van der Waals surface area contributed by atoms with Gasteiger partial charge in [-0.1, -0.05) is 0 Å². The molecule has 9 nitrogen and oxygen atoms in total. The summed E-state index contributed by atoms with van der Waals surface area (Å²) in [6.45, 7) is 0.270. The molecule has 1 atom stereocenters. The predicted molar refractivity (Wildman–Crippen MR) is 92.3 cm³/mol. The maximum Gasteiger partial charge on any atom is 0.337 e. The summed E-state index contributed by atoms with van der Waals surface area (Å²) in [6.07, 6.45) is 2.01. The minimum absolute atomic E-state index is 0.0529. The Kier molecular flexibility index (Phi) is 5.98. The maximum atomic E-state index is 12.5. The van der Waals surface area contributed by atoms with E-state index in [1.807, 2.05) is 0 Å². The highest BCUT2D eigenvalue weighted by Gasteiger charge is 2.36. The largest absolute Gasteiger partial charge is 0.465 e. The van der Waals surface area contributed by atoms with Crippen molar-refractivity contribution in [1.82, 2.24) is 4.31 Å². The van der Waals surface area contributed by atoms with Crippen molar-refractivity contribution in [2.75, 3.05) is 32.3 Å². The van der Waals surface area contributed by atoms with Crippen LogP contribution in [0.2, 0.25) is 0 Å². The van der Waals surface area contributed by atoms with Gasteiger partial charge in [0, 0.05) is 12.2 Å². The summed E-state index contributed by atoms with van der Waals surface area (Å²) in [7, 11) is -1.14. The normalized spacial score (nSPS) is 17.6. The van der Waals surface area contributed by atoms with Crippen molar-refractivity contribution in [2.24, 2.45) is 0 Å². The second-order valence-electron chi connectivity index (χ2n) is 5.80. The minimum Gasteiger partial charge on any atom is -0.465 e. The van der Waals surface area contributed by atoms with Crippen molar-refractivity contribution in [1.29, 1.82) is 0 Å². The van der Waals surface area contributed by atoms with Crippen molar-refractivity contribution < 1.29 is 32.3 Å². The predicted octanol–water partition coefficient (Wildman–Crippen LogP) is 0.622. The van der Waals surface area contributed by atoms with E-state index >= 15 is 0 Å². The Morgan fingerprint density at radius 3 is 2.08 bits per heavy atom. The molecular formula is C16H20N2O7S. The molecule has 0 saturated carbocycles. The van der Waals surface area contributed by atoms with Gasteiger partial charge < -0.3 is 14.8 Å². The van der Waals surface area contributed by atoms with E-state index < -0.39 is 33.9 Å². The van der Waals surface area contributed by atoms with Gasteiger partial charge in [0.1, 0.15) is 6.04 Å². The van der Waals surface area contributed by atoms with Gasteiger partial charge in [0.25, 0.3) is 0 Å². The molecule has 0 aliphatic carbocycles. The Balaban J connectivity index is 2.31. The lowest BCUT2D eigenvalue weighted by Gasteiger charge is -2.21. The quantitative estimate of drug-likeness (QED) is 0.739. The highest BCUT2D eigenvalue weighted by Crippen LogP contribution is 2.23. The summed E-state index contributed by atoms with van der Waals surface area (Å²) in [5, 5.41) is 2.56. The molecule has 1 amide bonds. The molecule has 0 bridgehead atoms. The lowest BCUT2D eigenvalue weighted by Crippen LogP contribution is -2.42. The summed E-state index contributed by atoms with van der Waals surface area (Å²) in [4.78, 5) is 36.1. The number of benzene rings is 1. The molecule has 26 heavy (non-hydrogen) atoms. The van der Waals surface area contributed by atoms with Crippen molar-refractivity contribution in [3.8, 4) is 0 Å². The van der Waals surface area contributed by atoms with Gasteiger partial charge in [-0.15, -0.1) is 0 Å². The number of esters is 2. The molecule has 1 aliphatic rings. The number of nitrogens with one attached hydrogen (secondary N) is 1. The summed E-state index contributed by atoms with van der Waals surface area (Å²) in [5.74, 6) is -1.92. The van der Waals surface area contributed by atoms with Crippen molar-refractivity contribution in [2.45, 2.75) is 18.9 Å². The number of carbonyl (C=O) groups excluding carboxylic acids is 3. The lowest BCUT2D eigenvalue weighted by molar-refractivity contribution is -0.119. The number of sulfonamides is 1. The van der Waals surface area contributed by atoms with Crippen LogP contribution in [0.15, 0.2) is 18.2 Å². The van der Waals surface area contributed by atoms with E-state index in [-0.39, 0.29) is 23.4 Å². The van der Waals surface area contributed by atoms with Gasteiger partial charge in [-0.25, -0.2) is 18.0 Å². The van der Waals surface area contributed by atoms with Crippen LogP contribution in [-0.2, 0) is 24.3 Å². The molecule has 1 aliphatic heterocycles.